The zero-order chi connectivity index (χ0) is 13.0. The van der Waals surface area contributed by atoms with Crippen LogP contribution in [0.15, 0.2) is 11.0 Å². The summed E-state index contributed by atoms with van der Waals surface area (Å²) in [6, 6.07) is 1.85. The number of methoxy groups -OCH3 is 1. The highest BCUT2D eigenvalue weighted by atomic mass is 32.2. The number of aryl methyl sites for hydroxylation is 1. The molecule has 0 amide bonds. The van der Waals surface area contributed by atoms with Crippen molar-refractivity contribution < 1.29 is 13.5 Å². The van der Waals surface area contributed by atoms with Gasteiger partial charge < -0.3 is 9.29 Å². The zero-order valence-corrected chi connectivity index (χ0v) is 11.6. The van der Waals surface area contributed by atoms with Crippen LogP contribution in [0.2, 0.25) is 0 Å². The molecule has 1 aromatic carbocycles. The van der Waals surface area contributed by atoms with Crippen molar-refractivity contribution in [2.75, 3.05) is 7.11 Å². The number of hydrogen-bond acceptors (Lipinski definition) is 3. The van der Waals surface area contributed by atoms with E-state index in [9.17, 15) is 8.76 Å². The molecule has 1 rings (SSSR count). The Labute approximate surface area is 105 Å². The zero-order valence-electron chi connectivity index (χ0n) is 10.8. The minimum Gasteiger partial charge on any atom is -0.768 e. The second-order valence-electron chi connectivity index (χ2n) is 3.82. The van der Waals surface area contributed by atoms with E-state index in [4.69, 9.17) is 4.74 Å². The van der Waals surface area contributed by atoms with E-state index in [1.165, 1.54) is 0 Å². The van der Waals surface area contributed by atoms with Gasteiger partial charge in [-0.15, -0.1) is 0 Å². The Hall–Kier alpha value is -0.870. The summed E-state index contributed by atoms with van der Waals surface area (Å²) in [6.07, 6.45) is 2.17. The Kier molecular flexibility index (Phi) is 5.15. The number of hydrogen-bond donors (Lipinski definition) is 0. The maximum Gasteiger partial charge on any atom is 0.122 e. The predicted octanol–water partition coefficient (Wildman–Crippen LogP) is 2.62. The molecule has 0 heterocycles. The summed E-state index contributed by atoms with van der Waals surface area (Å²) in [5.74, 6) is 0.801. The second kappa shape index (κ2) is 6.17. The molecule has 0 bridgehead atoms. The molecule has 1 unspecified atom stereocenters. The first-order valence-electron chi connectivity index (χ1n) is 5.91. The van der Waals surface area contributed by atoms with E-state index in [1.54, 1.807) is 7.11 Å². The smallest absolute Gasteiger partial charge is 0.122 e. The van der Waals surface area contributed by atoms with Crippen LogP contribution in [-0.2, 0) is 30.3 Å². The van der Waals surface area contributed by atoms with E-state index >= 15 is 0 Å². The third-order valence-corrected chi connectivity index (χ3v) is 3.85. The highest BCUT2D eigenvalue weighted by Gasteiger charge is 2.16. The van der Waals surface area contributed by atoms with Crippen molar-refractivity contribution in [1.29, 1.82) is 0 Å². The summed E-state index contributed by atoms with van der Waals surface area (Å²) in [7, 11) is 1.63. The molecular weight excluding hydrogens is 236 g/mol. The monoisotopic (exact) mass is 255 g/mol. The lowest BCUT2D eigenvalue weighted by Gasteiger charge is -2.21. The number of ether oxygens (including phenoxy) is 1. The van der Waals surface area contributed by atoms with Crippen LogP contribution in [0.1, 0.15) is 37.5 Å². The molecule has 0 aliphatic carbocycles. The fourth-order valence-corrected chi connectivity index (χ4v) is 3.09. The minimum atomic E-state index is -2.18. The average molecular weight is 255 g/mol. The fourth-order valence-electron chi connectivity index (χ4n) is 2.20. The Morgan fingerprint density at radius 3 is 2.12 bits per heavy atom. The van der Waals surface area contributed by atoms with Crippen LogP contribution < -0.4 is 4.74 Å². The molecule has 0 aliphatic heterocycles. The van der Waals surface area contributed by atoms with Crippen molar-refractivity contribution >= 4 is 11.1 Å². The number of rotatable bonds is 5. The molecule has 1 aromatic rings. The maximum absolute atomic E-state index is 11.4. The molecule has 0 saturated carbocycles. The second-order valence-corrected chi connectivity index (χ2v) is 4.70. The van der Waals surface area contributed by atoms with Crippen molar-refractivity contribution in [3.8, 4) is 5.75 Å². The SMILES string of the molecule is CCc1cc(OC)c(CC)c(CC)c1S(=O)[O-]. The van der Waals surface area contributed by atoms with Gasteiger partial charge >= 0.3 is 0 Å². The van der Waals surface area contributed by atoms with E-state index in [0.29, 0.717) is 17.7 Å². The van der Waals surface area contributed by atoms with Gasteiger partial charge in [0.05, 0.1) is 7.11 Å². The van der Waals surface area contributed by atoms with Gasteiger partial charge in [-0.1, -0.05) is 20.8 Å². The van der Waals surface area contributed by atoms with Crippen molar-refractivity contribution in [3.63, 3.8) is 0 Å². The summed E-state index contributed by atoms with van der Waals surface area (Å²) in [5, 5.41) is 0. The first-order valence-corrected chi connectivity index (χ1v) is 6.98. The standard InChI is InChI=1S/C13H20O3S/c1-5-9-8-12(16-4)10(6-2)11(7-3)13(9)17(14)15/h8H,5-7H2,1-4H3,(H,14,15)/p-1. The van der Waals surface area contributed by atoms with Crippen molar-refractivity contribution in [2.24, 2.45) is 0 Å². The summed E-state index contributed by atoms with van der Waals surface area (Å²) >= 11 is -2.18. The largest absolute Gasteiger partial charge is 0.768 e. The third-order valence-electron chi connectivity index (χ3n) is 3.01. The van der Waals surface area contributed by atoms with E-state index in [-0.39, 0.29) is 0 Å². The van der Waals surface area contributed by atoms with Gasteiger partial charge in [0.2, 0.25) is 0 Å². The lowest BCUT2D eigenvalue weighted by Crippen LogP contribution is -2.07. The van der Waals surface area contributed by atoms with Gasteiger partial charge in [-0.3, -0.25) is 4.21 Å². The lowest BCUT2D eigenvalue weighted by atomic mass is 9.97. The molecule has 0 saturated heterocycles. The van der Waals surface area contributed by atoms with Crippen molar-refractivity contribution in [2.45, 2.75) is 44.9 Å². The molecule has 0 aromatic heterocycles. The average Bonchev–Trinajstić information content (AvgIpc) is 2.35. The van der Waals surface area contributed by atoms with E-state index < -0.39 is 11.1 Å². The van der Waals surface area contributed by atoms with Gasteiger partial charge in [0.25, 0.3) is 0 Å². The van der Waals surface area contributed by atoms with Gasteiger partial charge in [0.15, 0.2) is 0 Å². The van der Waals surface area contributed by atoms with E-state index in [2.05, 4.69) is 0 Å². The molecule has 0 fully saturated rings. The molecule has 1 atom stereocenters. The summed E-state index contributed by atoms with van der Waals surface area (Å²) in [5.41, 5.74) is 2.74. The Bertz CT molecular complexity index is 427. The molecule has 96 valence electrons. The third kappa shape index (κ3) is 2.69. The predicted molar refractivity (Wildman–Crippen MR) is 68.3 cm³/mol. The first kappa shape index (κ1) is 14.2. The van der Waals surface area contributed by atoms with Gasteiger partial charge in [-0.05, 0) is 53.1 Å². The van der Waals surface area contributed by atoms with Gasteiger partial charge in [0.1, 0.15) is 5.75 Å². The minimum absolute atomic E-state index is 0.465. The maximum atomic E-state index is 11.4. The molecule has 0 radical (unpaired) electrons. The van der Waals surface area contributed by atoms with Crippen molar-refractivity contribution in [1.82, 2.24) is 0 Å². The molecule has 4 heteroatoms. The summed E-state index contributed by atoms with van der Waals surface area (Å²) < 4.78 is 28.1. The van der Waals surface area contributed by atoms with E-state index in [0.717, 1.165) is 28.9 Å². The summed E-state index contributed by atoms with van der Waals surface area (Å²) in [6.45, 7) is 5.94. The molecule has 0 N–H and O–H groups in total. The summed E-state index contributed by atoms with van der Waals surface area (Å²) in [4.78, 5) is 0.465. The molecule has 3 nitrogen and oxygen atoms in total. The van der Waals surface area contributed by atoms with Gasteiger partial charge in [-0.2, -0.15) is 0 Å². The molecule has 0 aliphatic rings. The van der Waals surface area contributed by atoms with Crippen LogP contribution in [0.3, 0.4) is 0 Å². The van der Waals surface area contributed by atoms with Gasteiger partial charge in [-0.25, -0.2) is 0 Å². The lowest BCUT2D eigenvalue weighted by molar-refractivity contribution is 0.408. The van der Waals surface area contributed by atoms with Crippen molar-refractivity contribution in [3.05, 3.63) is 22.8 Å². The van der Waals surface area contributed by atoms with Crippen LogP contribution in [0.25, 0.3) is 0 Å². The normalized spacial score (nSPS) is 12.5. The Balaban J connectivity index is 3.61. The first-order chi connectivity index (χ1) is 8.10. The highest BCUT2D eigenvalue weighted by Crippen LogP contribution is 2.32. The van der Waals surface area contributed by atoms with Crippen LogP contribution in [-0.4, -0.2) is 15.9 Å². The Morgan fingerprint density at radius 1 is 1.18 bits per heavy atom. The molecular formula is C13H19O3S-. The van der Waals surface area contributed by atoms with Crippen LogP contribution in [0, 0.1) is 0 Å². The van der Waals surface area contributed by atoms with Crippen LogP contribution in [0.5, 0.6) is 5.75 Å². The number of benzene rings is 1. The topological polar surface area (TPSA) is 49.4 Å². The molecule has 0 spiro atoms. The quantitative estimate of drug-likeness (QED) is 0.760. The Morgan fingerprint density at radius 2 is 1.76 bits per heavy atom. The van der Waals surface area contributed by atoms with Crippen LogP contribution >= 0.6 is 0 Å². The van der Waals surface area contributed by atoms with Crippen LogP contribution in [0.4, 0.5) is 0 Å². The van der Waals surface area contributed by atoms with Gasteiger partial charge in [0, 0.05) is 4.90 Å². The fraction of sp³-hybridized carbons (Fsp3) is 0.538. The highest BCUT2D eigenvalue weighted by molar-refractivity contribution is 7.79. The molecule has 17 heavy (non-hydrogen) atoms. The van der Waals surface area contributed by atoms with E-state index in [1.807, 2.05) is 26.8 Å².